The van der Waals surface area contributed by atoms with Gasteiger partial charge in [0.2, 0.25) is 5.91 Å². The maximum atomic E-state index is 11.9. The minimum atomic E-state index is -0.515. The zero-order chi connectivity index (χ0) is 16.7. The highest BCUT2D eigenvalue weighted by Crippen LogP contribution is 2.16. The summed E-state index contributed by atoms with van der Waals surface area (Å²) < 4.78 is 5.29. The predicted octanol–water partition coefficient (Wildman–Crippen LogP) is 0.938. The third-order valence-corrected chi connectivity index (χ3v) is 3.81. The molecule has 0 aliphatic carbocycles. The first-order valence-electron chi connectivity index (χ1n) is 7.81. The second-order valence-corrected chi connectivity index (χ2v) is 5.58. The highest BCUT2D eigenvalue weighted by atomic mass is 16.5. The molecule has 0 radical (unpaired) electrons. The molecule has 1 aliphatic rings. The van der Waals surface area contributed by atoms with Gasteiger partial charge in [-0.2, -0.15) is 0 Å². The van der Waals surface area contributed by atoms with Gasteiger partial charge >= 0.3 is 6.03 Å². The quantitative estimate of drug-likeness (QED) is 0.680. The van der Waals surface area contributed by atoms with Gasteiger partial charge in [0.15, 0.2) is 0 Å². The number of rotatable bonds is 6. The molecule has 1 aromatic carbocycles. The van der Waals surface area contributed by atoms with Crippen molar-refractivity contribution in [3.63, 3.8) is 0 Å². The Hall–Kier alpha value is -2.12. The number of nitrogens with one attached hydrogen (secondary N) is 2. The van der Waals surface area contributed by atoms with Crippen LogP contribution in [0.15, 0.2) is 18.2 Å². The largest absolute Gasteiger partial charge is 0.379 e. The van der Waals surface area contributed by atoms with Crippen molar-refractivity contribution in [2.75, 3.05) is 44.7 Å². The van der Waals surface area contributed by atoms with Crippen molar-refractivity contribution in [2.45, 2.75) is 13.3 Å². The van der Waals surface area contributed by atoms with Gasteiger partial charge in [-0.1, -0.05) is 6.07 Å². The molecule has 0 unspecified atom stereocenters. The van der Waals surface area contributed by atoms with E-state index < -0.39 is 5.91 Å². The number of benzene rings is 1. The van der Waals surface area contributed by atoms with Crippen LogP contribution in [0, 0.1) is 6.92 Å². The Bertz CT molecular complexity index is 556. The number of ether oxygens (including phenoxy) is 1. The van der Waals surface area contributed by atoms with Crippen LogP contribution in [0.1, 0.15) is 22.3 Å². The van der Waals surface area contributed by atoms with Gasteiger partial charge in [0.25, 0.3) is 0 Å². The average molecular weight is 320 g/mol. The second kappa shape index (κ2) is 8.50. The SMILES string of the molecule is Cc1ccc(C(N)=O)cc1NC(=O)NCCCN1CCOCC1. The molecule has 0 saturated carbocycles. The van der Waals surface area contributed by atoms with E-state index in [1.54, 1.807) is 18.2 Å². The molecular formula is C16H24N4O3. The zero-order valence-electron chi connectivity index (χ0n) is 13.4. The minimum Gasteiger partial charge on any atom is -0.379 e. The van der Waals surface area contributed by atoms with Crippen LogP contribution in [0.3, 0.4) is 0 Å². The number of primary amides is 1. The summed E-state index contributed by atoms with van der Waals surface area (Å²) in [4.78, 5) is 25.4. The van der Waals surface area contributed by atoms with Crippen molar-refractivity contribution in [3.05, 3.63) is 29.3 Å². The molecule has 0 bridgehead atoms. The van der Waals surface area contributed by atoms with Crippen molar-refractivity contribution in [2.24, 2.45) is 5.73 Å². The first-order valence-corrected chi connectivity index (χ1v) is 7.81. The first-order chi connectivity index (χ1) is 11.1. The second-order valence-electron chi connectivity index (χ2n) is 5.58. The maximum Gasteiger partial charge on any atom is 0.319 e. The molecule has 1 aliphatic heterocycles. The fourth-order valence-electron chi connectivity index (χ4n) is 2.41. The van der Waals surface area contributed by atoms with Gasteiger partial charge < -0.3 is 21.1 Å². The molecule has 1 fully saturated rings. The Morgan fingerprint density at radius 3 is 2.74 bits per heavy atom. The summed E-state index contributed by atoms with van der Waals surface area (Å²) in [5, 5.41) is 5.57. The summed E-state index contributed by atoms with van der Waals surface area (Å²) in [7, 11) is 0. The van der Waals surface area contributed by atoms with Crippen molar-refractivity contribution in [1.82, 2.24) is 10.2 Å². The molecule has 23 heavy (non-hydrogen) atoms. The highest BCUT2D eigenvalue weighted by molar-refractivity contribution is 5.96. The van der Waals surface area contributed by atoms with Crippen LogP contribution in [0.4, 0.5) is 10.5 Å². The third-order valence-electron chi connectivity index (χ3n) is 3.81. The van der Waals surface area contributed by atoms with Gasteiger partial charge in [-0.25, -0.2) is 4.79 Å². The lowest BCUT2D eigenvalue weighted by Gasteiger charge is -2.26. The summed E-state index contributed by atoms with van der Waals surface area (Å²) in [5.41, 5.74) is 7.09. The number of hydrogen-bond donors (Lipinski definition) is 3. The molecule has 1 saturated heterocycles. The van der Waals surface area contributed by atoms with Crippen LogP contribution in [-0.2, 0) is 4.74 Å². The van der Waals surface area contributed by atoms with E-state index in [2.05, 4.69) is 15.5 Å². The van der Waals surface area contributed by atoms with Gasteiger partial charge in [-0.15, -0.1) is 0 Å². The van der Waals surface area contributed by atoms with Crippen LogP contribution in [0.2, 0.25) is 0 Å². The van der Waals surface area contributed by atoms with E-state index in [-0.39, 0.29) is 6.03 Å². The Kier molecular flexibility index (Phi) is 6.37. The zero-order valence-corrected chi connectivity index (χ0v) is 13.4. The van der Waals surface area contributed by atoms with E-state index >= 15 is 0 Å². The molecule has 0 aromatic heterocycles. The van der Waals surface area contributed by atoms with Crippen LogP contribution in [0.5, 0.6) is 0 Å². The summed E-state index contributed by atoms with van der Waals surface area (Å²) in [5.74, 6) is -0.515. The molecular weight excluding hydrogens is 296 g/mol. The maximum absolute atomic E-state index is 11.9. The smallest absolute Gasteiger partial charge is 0.319 e. The predicted molar refractivity (Wildman–Crippen MR) is 88.6 cm³/mol. The van der Waals surface area contributed by atoms with E-state index in [0.717, 1.165) is 44.8 Å². The van der Waals surface area contributed by atoms with E-state index in [9.17, 15) is 9.59 Å². The number of hydrogen-bond acceptors (Lipinski definition) is 4. The minimum absolute atomic E-state index is 0.281. The lowest BCUT2D eigenvalue weighted by molar-refractivity contribution is 0.0375. The summed E-state index contributed by atoms with van der Waals surface area (Å²) in [6, 6.07) is 4.71. The van der Waals surface area contributed by atoms with Gasteiger partial charge in [0.05, 0.1) is 13.2 Å². The Balaban J connectivity index is 1.74. The number of urea groups is 1. The third kappa shape index (κ3) is 5.54. The number of morpholine rings is 1. The molecule has 3 amide bonds. The van der Waals surface area contributed by atoms with Gasteiger partial charge in [-0.05, 0) is 37.6 Å². The van der Waals surface area contributed by atoms with Gasteiger partial charge in [0.1, 0.15) is 0 Å². The number of aryl methyl sites for hydroxylation is 1. The van der Waals surface area contributed by atoms with Crippen LogP contribution in [-0.4, -0.2) is 56.2 Å². The molecule has 4 N–H and O–H groups in total. The Labute approximate surface area is 136 Å². The van der Waals surface area contributed by atoms with Crippen molar-refractivity contribution >= 4 is 17.6 Å². The fraction of sp³-hybridized carbons (Fsp3) is 0.500. The summed E-state index contributed by atoms with van der Waals surface area (Å²) >= 11 is 0. The summed E-state index contributed by atoms with van der Waals surface area (Å²) in [6.45, 7) is 6.86. The molecule has 1 heterocycles. The monoisotopic (exact) mass is 320 g/mol. The number of amides is 3. The molecule has 126 valence electrons. The van der Waals surface area contributed by atoms with Gasteiger partial charge in [-0.3, -0.25) is 9.69 Å². The number of nitrogens with two attached hydrogens (primary N) is 1. The highest BCUT2D eigenvalue weighted by Gasteiger charge is 2.10. The number of carbonyl (C=O) groups is 2. The standard InChI is InChI=1S/C16H24N4O3/c1-12-3-4-13(15(17)21)11-14(12)19-16(22)18-5-2-6-20-7-9-23-10-8-20/h3-4,11H,2,5-10H2,1H3,(H2,17,21)(H2,18,19,22). The van der Waals surface area contributed by atoms with Crippen LogP contribution < -0.4 is 16.4 Å². The molecule has 2 rings (SSSR count). The molecule has 0 atom stereocenters. The molecule has 0 spiro atoms. The topological polar surface area (TPSA) is 96.7 Å². The fourth-order valence-corrected chi connectivity index (χ4v) is 2.41. The number of nitrogens with zero attached hydrogens (tertiary/aromatic N) is 1. The number of anilines is 1. The van der Waals surface area contributed by atoms with Crippen molar-refractivity contribution < 1.29 is 14.3 Å². The van der Waals surface area contributed by atoms with Crippen molar-refractivity contribution in [1.29, 1.82) is 0 Å². The van der Waals surface area contributed by atoms with E-state index in [1.807, 2.05) is 6.92 Å². The Morgan fingerprint density at radius 1 is 1.30 bits per heavy atom. The molecule has 7 nitrogen and oxygen atoms in total. The Morgan fingerprint density at radius 2 is 2.04 bits per heavy atom. The lowest BCUT2D eigenvalue weighted by Crippen LogP contribution is -2.38. The van der Waals surface area contributed by atoms with Crippen LogP contribution in [0.25, 0.3) is 0 Å². The molecule has 7 heteroatoms. The number of carbonyl (C=O) groups excluding carboxylic acids is 2. The lowest BCUT2D eigenvalue weighted by atomic mass is 10.1. The van der Waals surface area contributed by atoms with Crippen LogP contribution >= 0.6 is 0 Å². The van der Waals surface area contributed by atoms with E-state index in [0.29, 0.717) is 17.8 Å². The average Bonchev–Trinajstić information content (AvgIpc) is 2.54. The molecule has 1 aromatic rings. The van der Waals surface area contributed by atoms with E-state index in [4.69, 9.17) is 10.5 Å². The first kappa shape index (κ1) is 17.2. The normalized spacial score (nSPS) is 15.2. The van der Waals surface area contributed by atoms with E-state index in [1.165, 1.54) is 0 Å². The van der Waals surface area contributed by atoms with Crippen molar-refractivity contribution in [3.8, 4) is 0 Å². The summed E-state index contributed by atoms with van der Waals surface area (Å²) in [6.07, 6.45) is 0.883. The van der Waals surface area contributed by atoms with Gasteiger partial charge in [0, 0.05) is 30.9 Å².